The molecule has 1 aliphatic heterocycles. The molecule has 0 radical (unpaired) electrons. The van der Waals surface area contributed by atoms with E-state index in [-0.39, 0.29) is 17.8 Å². The van der Waals surface area contributed by atoms with Gasteiger partial charge in [0.15, 0.2) is 0 Å². The van der Waals surface area contributed by atoms with Crippen LogP contribution in [0.4, 0.5) is 0 Å². The number of methoxy groups -OCH3 is 1. The predicted octanol–water partition coefficient (Wildman–Crippen LogP) is 1.58. The van der Waals surface area contributed by atoms with Gasteiger partial charge in [-0.2, -0.15) is 5.26 Å². The molecule has 1 heterocycles. The number of rotatable bonds is 2. The number of nitrogens with zero attached hydrogens (tertiary/aromatic N) is 2. The fraction of sp³-hybridized carbons (Fsp3) is 0.400. The third-order valence-electron chi connectivity index (χ3n) is 3.56. The Morgan fingerprint density at radius 2 is 2.05 bits per heavy atom. The second-order valence-electron chi connectivity index (χ2n) is 4.78. The minimum atomic E-state index is -0.205. The minimum absolute atomic E-state index is 0.0922. The molecule has 104 valence electrons. The van der Waals surface area contributed by atoms with Gasteiger partial charge in [-0.1, -0.05) is 6.07 Å². The lowest BCUT2D eigenvalue weighted by molar-refractivity contribution is -0.146. The lowest BCUT2D eigenvalue weighted by atomic mass is 9.96. The quantitative estimate of drug-likeness (QED) is 0.766. The van der Waals surface area contributed by atoms with Crippen molar-refractivity contribution < 1.29 is 14.3 Å². The number of amides is 1. The smallest absolute Gasteiger partial charge is 0.308 e. The van der Waals surface area contributed by atoms with Crippen LogP contribution in [-0.2, 0) is 9.53 Å². The van der Waals surface area contributed by atoms with Crippen LogP contribution in [0.25, 0.3) is 0 Å². The first kappa shape index (κ1) is 14.1. The molecule has 1 aromatic rings. The van der Waals surface area contributed by atoms with Gasteiger partial charge >= 0.3 is 5.97 Å². The summed E-state index contributed by atoms with van der Waals surface area (Å²) in [5.41, 5.74) is 0.987. The van der Waals surface area contributed by atoms with Crippen LogP contribution in [0.5, 0.6) is 0 Å². The van der Waals surface area contributed by atoms with Gasteiger partial charge in [0.1, 0.15) is 0 Å². The van der Waals surface area contributed by atoms with E-state index >= 15 is 0 Å². The first-order chi connectivity index (χ1) is 9.65. The van der Waals surface area contributed by atoms with Gasteiger partial charge in [-0.15, -0.1) is 0 Å². The number of benzene rings is 1. The fourth-order valence-electron chi connectivity index (χ4n) is 2.39. The molecule has 0 aromatic heterocycles. The van der Waals surface area contributed by atoms with Crippen LogP contribution < -0.4 is 0 Å². The number of ether oxygens (including phenoxy) is 1. The molecular formula is C15H16N2O3. The molecule has 0 saturated carbocycles. The number of hydrogen-bond acceptors (Lipinski definition) is 4. The van der Waals surface area contributed by atoms with E-state index in [1.807, 2.05) is 6.07 Å². The highest BCUT2D eigenvalue weighted by molar-refractivity contribution is 5.94. The zero-order valence-electron chi connectivity index (χ0n) is 11.3. The van der Waals surface area contributed by atoms with Crippen LogP contribution in [0.2, 0.25) is 0 Å². The zero-order chi connectivity index (χ0) is 14.5. The maximum absolute atomic E-state index is 12.3. The molecule has 0 spiro atoms. The first-order valence-corrected chi connectivity index (χ1v) is 6.53. The van der Waals surface area contributed by atoms with E-state index in [1.165, 1.54) is 7.11 Å². The number of nitriles is 1. The summed E-state index contributed by atoms with van der Waals surface area (Å²) in [4.78, 5) is 25.5. The van der Waals surface area contributed by atoms with Crippen LogP contribution in [-0.4, -0.2) is 37.0 Å². The highest BCUT2D eigenvalue weighted by atomic mass is 16.5. The summed E-state index contributed by atoms with van der Waals surface area (Å²) >= 11 is 0. The predicted molar refractivity (Wildman–Crippen MR) is 71.8 cm³/mol. The Balaban J connectivity index is 2.01. The summed E-state index contributed by atoms with van der Waals surface area (Å²) < 4.78 is 4.72. The average Bonchev–Trinajstić information content (AvgIpc) is 2.53. The van der Waals surface area contributed by atoms with Gasteiger partial charge in [0, 0.05) is 18.7 Å². The van der Waals surface area contributed by atoms with Crippen LogP contribution >= 0.6 is 0 Å². The van der Waals surface area contributed by atoms with Crippen LogP contribution in [0.15, 0.2) is 24.3 Å². The Morgan fingerprint density at radius 3 is 2.65 bits per heavy atom. The molecule has 1 aromatic carbocycles. The third-order valence-corrected chi connectivity index (χ3v) is 3.56. The van der Waals surface area contributed by atoms with E-state index in [0.29, 0.717) is 37.1 Å². The van der Waals surface area contributed by atoms with Crippen molar-refractivity contribution >= 4 is 11.9 Å². The Labute approximate surface area is 117 Å². The summed E-state index contributed by atoms with van der Waals surface area (Å²) in [5.74, 6) is -0.413. The number of carbonyl (C=O) groups excluding carboxylic acids is 2. The van der Waals surface area contributed by atoms with Gasteiger partial charge in [-0.05, 0) is 31.0 Å². The molecule has 1 amide bonds. The van der Waals surface area contributed by atoms with Crippen molar-refractivity contribution in [2.45, 2.75) is 12.8 Å². The lowest BCUT2D eigenvalue weighted by Gasteiger charge is -2.30. The molecular weight excluding hydrogens is 256 g/mol. The Hall–Kier alpha value is -2.35. The average molecular weight is 272 g/mol. The van der Waals surface area contributed by atoms with Crippen LogP contribution in [0.3, 0.4) is 0 Å². The van der Waals surface area contributed by atoms with Crippen molar-refractivity contribution in [2.24, 2.45) is 5.92 Å². The first-order valence-electron chi connectivity index (χ1n) is 6.53. The van der Waals surface area contributed by atoms with E-state index in [9.17, 15) is 9.59 Å². The summed E-state index contributed by atoms with van der Waals surface area (Å²) in [7, 11) is 1.38. The van der Waals surface area contributed by atoms with E-state index in [4.69, 9.17) is 10.00 Å². The lowest BCUT2D eigenvalue weighted by Crippen LogP contribution is -2.40. The molecule has 5 heteroatoms. The van der Waals surface area contributed by atoms with Crippen molar-refractivity contribution in [3.8, 4) is 6.07 Å². The largest absolute Gasteiger partial charge is 0.469 e. The molecule has 0 N–H and O–H groups in total. The Kier molecular flexibility index (Phi) is 4.36. The molecule has 0 bridgehead atoms. The second kappa shape index (κ2) is 6.20. The van der Waals surface area contributed by atoms with E-state index in [1.54, 1.807) is 29.2 Å². The van der Waals surface area contributed by atoms with Gasteiger partial charge < -0.3 is 9.64 Å². The molecule has 20 heavy (non-hydrogen) atoms. The van der Waals surface area contributed by atoms with Crippen molar-refractivity contribution in [2.75, 3.05) is 20.2 Å². The van der Waals surface area contributed by atoms with Crippen LogP contribution in [0.1, 0.15) is 28.8 Å². The maximum Gasteiger partial charge on any atom is 0.308 e. The second-order valence-corrected chi connectivity index (χ2v) is 4.78. The van der Waals surface area contributed by atoms with Crippen molar-refractivity contribution in [3.63, 3.8) is 0 Å². The van der Waals surface area contributed by atoms with Gasteiger partial charge in [0.25, 0.3) is 5.91 Å². The highest BCUT2D eigenvalue weighted by Gasteiger charge is 2.28. The number of carbonyl (C=O) groups is 2. The molecule has 0 unspecified atom stereocenters. The summed E-state index contributed by atoms with van der Waals surface area (Å²) in [6.45, 7) is 1.07. The molecule has 2 rings (SSSR count). The number of hydrogen-bond donors (Lipinski definition) is 0. The van der Waals surface area contributed by atoms with Gasteiger partial charge in [0.05, 0.1) is 24.7 Å². The summed E-state index contributed by atoms with van der Waals surface area (Å²) in [6.07, 6.45) is 1.24. The van der Waals surface area contributed by atoms with Gasteiger partial charge in [0.2, 0.25) is 0 Å². The maximum atomic E-state index is 12.3. The van der Waals surface area contributed by atoms with Crippen LogP contribution in [0, 0.1) is 17.2 Å². The number of likely N-dealkylation sites (tertiary alicyclic amines) is 1. The summed E-state index contributed by atoms with van der Waals surface area (Å²) in [5, 5.41) is 8.85. The van der Waals surface area contributed by atoms with Gasteiger partial charge in [-0.25, -0.2) is 0 Å². The molecule has 5 nitrogen and oxygen atoms in total. The third kappa shape index (κ3) is 2.97. The number of esters is 1. The molecule has 0 atom stereocenters. The number of piperidine rings is 1. The van der Waals surface area contributed by atoms with E-state index in [2.05, 4.69) is 0 Å². The minimum Gasteiger partial charge on any atom is -0.469 e. The molecule has 1 saturated heterocycles. The fourth-order valence-corrected chi connectivity index (χ4v) is 2.39. The van der Waals surface area contributed by atoms with Crippen molar-refractivity contribution in [1.29, 1.82) is 5.26 Å². The highest BCUT2D eigenvalue weighted by Crippen LogP contribution is 2.20. The van der Waals surface area contributed by atoms with Gasteiger partial charge in [-0.3, -0.25) is 9.59 Å². The topological polar surface area (TPSA) is 70.4 Å². The zero-order valence-corrected chi connectivity index (χ0v) is 11.3. The Morgan fingerprint density at radius 1 is 1.35 bits per heavy atom. The molecule has 1 aliphatic rings. The molecule has 0 aliphatic carbocycles. The standard InChI is InChI=1S/C15H16N2O3/c1-20-15(19)12-5-7-17(8-6-12)14(18)13-4-2-3-11(9-13)10-16/h2-4,9,12H,5-8H2,1H3. The van der Waals surface area contributed by atoms with Crippen molar-refractivity contribution in [1.82, 2.24) is 4.90 Å². The summed E-state index contributed by atoms with van der Waals surface area (Å²) in [6, 6.07) is 8.69. The van der Waals surface area contributed by atoms with E-state index < -0.39 is 0 Å². The SMILES string of the molecule is COC(=O)C1CCN(C(=O)c2cccc(C#N)c2)CC1. The normalized spacial score (nSPS) is 15.5. The van der Waals surface area contributed by atoms with E-state index in [0.717, 1.165) is 0 Å². The Bertz CT molecular complexity index is 554. The molecule has 1 fully saturated rings. The monoisotopic (exact) mass is 272 g/mol. The van der Waals surface area contributed by atoms with Crippen molar-refractivity contribution in [3.05, 3.63) is 35.4 Å².